The fraction of sp³-hybridized carbons (Fsp3) is 0.478. The van der Waals surface area contributed by atoms with Gasteiger partial charge in [0.2, 0.25) is 0 Å². The summed E-state index contributed by atoms with van der Waals surface area (Å²) in [6.07, 6.45) is 9.85. The second-order valence-electron chi connectivity index (χ2n) is 8.00. The van der Waals surface area contributed by atoms with Gasteiger partial charge in [-0.2, -0.15) is 5.10 Å². The molecule has 1 N–H and O–H groups in total. The molecular formula is C23H33N5O2. The van der Waals surface area contributed by atoms with Crippen LogP contribution in [0.1, 0.15) is 33.6 Å². The normalized spacial score (nSPS) is 18.1. The number of fused-ring (bicyclic) bond motifs is 1. The molecule has 3 rings (SSSR count). The number of anilines is 2. The summed E-state index contributed by atoms with van der Waals surface area (Å²) < 4.78 is 12.7. The van der Waals surface area contributed by atoms with Gasteiger partial charge in [-0.05, 0) is 38.0 Å². The van der Waals surface area contributed by atoms with Crippen LogP contribution in [0.4, 0.5) is 11.4 Å². The molecule has 162 valence electrons. The third-order valence-electron chi connectivity index (χ3n) is 5.50. The Morgan fingerprint density at radius 1 is 1.30 bits per heavy atom. The average Bonchev–Trinajstić information content (AvgIpc) is 3.22. The second kappa shape index (κ2) is 9.69. The van der Waals surface area contributed by atoms with Crippen molar-refractivity contribution in [2.24, 2.45) is 11.8 Å². The van der Waals surface area contributed by atoms with Crippen molar-refractivity contribution >= 4 is 17.0 Å². The summed E-state index contributed by atoms with van der Waals surface area (Å²) in [7, 11) is 3.40. The summed E-state index contributed by atoms with van der Waals surface area (Å²) in [5.41, 5.74) is 3.81. The molecule has 1 atom stereocenters. The number of pyridine rings is 1. The van der Waals surface area contributed by atoms with Gasteiger partial charge in [-0.15, -0.1) is 0 Å². The second-order valence-corrected chi connectivity index (χ2v) is 8.00. The van der Waals surface area contributed by atoms with Gasteiger partial charge >= 0.3 is 0 Å². The minimum absolute atomic E-state index is 0.333. The van der Waals surface area contributed by atoms with Crippen LogP contribution >= 0.6 is 0 Å². The molecule has 0 bridgehead atoms. The SMILES string of the molecule is C=C(OC)C1CCCN(c2cc(N/C(C)=C/C=C(/OC)C(C)C)c3ncnn3c2)C1. The number of hydrogen-bond donors (Lipinski definition) is 1. The van der Waals surface area contributed by atoms with Crippen LogP contribution in [-0.2, 0) is 9.47 Å². The van der Waals surface area contributed by atoms with Crippen molar-refractivity contribution in [1.29, 1.82) is 0 Å². The van der Waals surface area contributed by atoms with E-state index in [1.807, 2.05) is 29.8 Å². The molecule has 0 saturated carbocycles. The molecule has 1 unspecified atom stereocenters. The molecule has 0 aliphatic carbocycles. The highest BCUT2D eigenvalue weighted by molar-refractivity contribution is 5.74. The number of ether oxygens (including phenoxy) is 2. The first-order chi connectivity index (χ1) is 14.4. The maximum atomic E-state index is 5.45. The highest BCUT2D eigenvalue weighted by atomic mass is 16.5. The van der Waals surface area contributed by atoms with E-state index in [1.165, 1.54) is 0 Å². The smallest absolute Gasteiger partial charge is 0.178 e. The minimum atomic E-state index is 0.333. The van der Waals surface area contributed by atoms with E-state index < -0.39 is 0 Å². The summed E-state index contributed by atoms with van der Waals surface area (Å²) in [4.78, 5) is 6.79. The standard InChI is InChI=1S/C23H33N5O2/c1-16(2)22(30-6)10-9-17(3)26-21-12-20(14-28-23(21)24-15-25-28)27-11-7-8-19(13-27)18(4)29-5/h9-10,12,14-16,19,26H,4,7-8,11,13H2,1-3,5-6H3/b17-9+,22-10+. The number of methoxy groups -OCH3 is 2. The first-order valence-electron chi connectivity index (χ1n) is 10.4. The maximum Gasteiger partial charge on any atom is 0.178 e. The van der Waals surface area contributed by atoms with Gasteiger partial charge in [-0.1, -0.05) is 20.4 Å². The zero-order valence-corrected chi connectivity index (χ0v) is 18.7. The number of aromatic nitrogens is 3. The van der Waals surface area contributed by atoms with Crippen LogP contribution in [0.15, 0.2) is 54.5 Å². The Bertz CT molecular complexity index is 944. The topological polar surface area (TPSA) is 63.9 Å². The van der Waals surface area contributed by atoms with Gasteiger partial charge < -0.3 is 19.7 Å². The zero-order chi connectivity index (χ0) is 21.7. The summed E-state index contributed by atoms with van der Waals surface area (Å²) >= 11 is 0. The first kappa shape index (κ1) is 21.7. The average molecular weight is 412 g/mol. The predicted molar refractivity (Wildman–Crippen MR) is 121 cm³/mol. The van der Waals surface area contributed by atoms with Crippen molar-refractivity contribution in [2.75, 3.05) is 37.5 Å². The molecule has 3 heterocycles. The van der Waals surface area contributed by atoms with Gasteiger partial charge in [0.05, 0.1) is 43.3 Å². The zero-order valence-electron chi connectivity index (χ0n) is 18.7. The lowest BCUT2D eigenvalue weighted by Gasteiger charge is -2.34. The van der Waals surface area contributed by atoms with Crippen LogP contribution in [0.3, 0.4) is 0 Å². The molecule has 30 heavy (non-hydrogen) atoms. The molecule has 7 nitrogen and oxygen atoms in total. The number of hydrogen-bond acceptors (Lipinski definition) is 6. The van der Waals surface area contributed by atoms with Crippen LogP contribution in [0, 0.1) is 11.8 Å². The Balaban J connectivity index is 1.87. The fourth-order valence-corrected chi connectivity index (χ4v) is 3.78. The quantitative estimate of drug-likeness (QED) is 0.506. The predicted octanol–water partition coefficient (Wildman–Crippen LogP) is 4.61. The third-order valence-corrected chi connectivity index (χ3v) is 5.50. The number of piperidine rings is 1. The van der Waals surface area contributed by atoms with Crippen LogP contribution in [0.25, 0.3) is 5.65 Å². The van der Waals surface area contributed by atoms with Gasteiger partial charge in [-0.3, -0.25) is 0 Å². The molecule has 7 heteroatoms. The third kappa shape index (κ3) is 4.96. The number of rotatable bonds is 8. The Morgan fingerprint density at radius 3 is 2.80 bits per heavy atom. The van der Waals surface area contributed by atoms with Crippen LogP contribution in [0.2, 0.25) is 0 Å². The molecule has 1 fully saturated rings. The Hall–Kier alpha value is -2.96. The van der Waals surface area contributed by atoms with Gasteiger partial charge in [0.25, 0.3) is 0 Å². The molecule has 1 aliphatic heterocycles. The highest BCUT2D eigenvalue weighted by Crippen LogP contribution is 2.30. The molecule has 0 radical (unpaired) electrons. The largest absolute Gasteiger partial charge is 0.501 e. The lowest BCUT2D eigenvalue weighted by atomic mass is 9.96. The molecule has 0 spiro atoms. The molecule has 0 amide bonds. The molecule has 1 saturated heterocycles. The van der Waals surface area contributed by atoms with Gasteiger partial charge in [0.15, 0.2) is 5.65 Å². The Morgan fingerprint density at radius 2 is 2.10 bits per heavy atom. The summed E-state index contributed by atoms with van der Waals surface area (Å²) in [6, 6.07) is 2.14. The van der Waals surface area contributed by atoms with Crippen molar-refractivity contribution in [1.82, 2.24) is 14.6 Å². The molecule has 1 aliphatic rings. The van der Waals surface area contributed by atoms with E-state index in [0.717, 1.165) is 60.2 Å². The Labute approximate surface area is 179 Å². The highest BCUT2D eigenvalue weighted by Gasteiger charge is 2.24. The van der Waals surface area contributed by atoms with Gasteiger partial charge in [0, 0.05) is 30.6 Å². The first-order valence-corrected chi connectivity index (χ1v) is 10.4. The number of nitrogens with zero attached hydrogens (tertiary/aromatic N) is 4. The summed E-state index contributed by atoms with van der Waals surface area (Å²) in [5.74, 6) is 2.46. The van der Waals surface area contributed by atoms with E-state index in [0.29, 0.717) is 11.8 Å². The van der Waals surface area contributed by atoms with Crippen molar-refractivity contribution in [2.45, 2.75) is 33.6 Å². The van der Waals surface area contributed by atoms with E-state index >= 15 is 0 Å². The molecule has 2 aromatic heterocycles. The monoisotopic (exact) mass is 411 g/mol. The minimum Gasteiger partial charge on any atom is -0.501 e. The number of allylic oxidation sites excluding steroid dienone is 4. The van der Waals surface area contributed by atoms with Crippen molar-refractivity contribution in [3.05, 3.63) is 54.5 Å². The van der Waals surface area contributed by atoms with E-state index in [-0.39, 0.29) is 0 Å². The van der Waals surface area contributed by atoms with Crippen molar-refractivity contribution in [3.63, 3.8) is 0 Å². The van der Waals surface area contributed by atoms with Crippen molar-refractivity contribution < 1.29 is 9.47 Å². The van der Waals surface area contributed by atoms with E-state index in [2.05, 4.69) is 46.8 Å². The lowest BCUT2D eigenvalue weighted by Crippen LogP contribution is -2.36. The fourth-order valence-electron chi connectivity index (χ4n) is 3.78. The number of nitrogens with one attached hydrogen (secondary N) is 1. The van der Waals surface area contributed by atoms with Crippen LogP contribution < -0.4 is 10.2 Å². The van der Waals surface area contributed by atoms with E-state index in [4.69, 9.17) is 9.47 Å². The van der Waals surface area contributed by atoms with E-state index in [1.54, 1.807) is 20.5 Å². The van der Waals surface area contributed by atoms with Crippen LogP contribution in [0.5, 0.6) is 0 Å². The van der Waals surface area contributed by atoms with Crippen LogP contribution in [-0.4, -0.2) is 41.9 Å². The van der Waals surface area contributed by atoms with Gasteiger partial charge in [-0.25, -0.2) is 9.50 Å². The lowest BCUT2D eigenvalue weighted by molar-refractivity contribution is 0.229. The van der Waals surface area contributed by atoms with Gasteiger partial charge in [0.1, 0.15) is 6.33 Å². The van der Waals surface area contributed by atoms with E-state index in [9.17, 15) is 0 Å². The maximum absolute atomic E-state index is 5.45. The summed E-state index contributed by atoms with van der Waals surface area (Å²) in [6.45, 7) is 12.2. The van der Waals surface area contributed by atoms with Crippen molar-refractivity contribution in [3.8, 4) is 0 Å². The molecular weight excluding hydrogens is 378 g/mol. The molecule has 2 aromatic rings. The molecule has 0 aromatic carbocycles. The summed E-state index contributed by atoms with van der Waals surface area (Å²) in [5, 5.41) is 7.85. The Kier molecular flexibility index (Phi) is 7.03.